The highest BCUT2D eigenvalue weighted by Crippen LogP contribution is 2.17. The first-order chi connectivity index (χ1) is 8.10. The number of nitrogens with one attached hydrogen (secondary N) is 1. The molecule has 94 valence electrons. The number of aryl methyl sites for hydroxylation is 1. The molecule has 0 spiro atoms. The van der Waals surface area contributed by atoms with Crippen LogP contribution in [0.15, 0.2) is 29.4 Å². The fourth-order valence-corrected chi connectivity index (χ4v) is 1.95. The second-order valence-electron chi connectivity index (χ2n) is 4.23. The van der Waals surface area contributed by atoms with Crippen molar-refractivity contribution in [3.8, 4) is 0 Å². The van der Waals surface area contributed by atoms with Crippen LogP contribution in [0.25, 0.3) is 0 Å². The summed E-state index contributed by atoms with van der Waals surface area (Å²) in [5.74, 6) is 0.230. The molecule has 17 heavy (non-hydrogen) atoms. The summed E-state index contributed by atoms with van der Waals surface area (Å²) in [5.41, 5.74) is 8.10. The normalized spacial score (nSPS) is 15.6. The van der Waals surface area contributed by atoms with Crippen molar-refractivity contribution in [1.29, 1.82) is 0 Å². The topological polar surface area (TPSA) is 70.6 Å². The first kappa shape index (κ1) is 13.5. The highest BCUT2D eigenvalue weighted by Gasteiger charge is 2.16. The Labute approximate surface area is 103 Å². The minimum Gasteiger partial charge on any atom is -0.409 e. The third kappa shape index (κ3) is 3.46. The SMILES string of the molecule is CCC(NC(C)c1ccccc1C)/C(N)=N/O. The van der Waals surface area contributed by atoms with Crippen LogP contribution in [-0.2, 0) is 0 Å². The van der Waals surface area contributed by atoms with Crippen molar-refractivity contribution in [2.45, 2.75) is 39.3 Å². The Morgan fingerprint density at radius 1 is 1.47 bits per heavy atom. The molecular weight excluding hydrogens is 214 g/mol. The molecule has 1 aromatic carbocycles. The maximum Gasteiger partial charge on any atom is 0.156 e. The van der Waals surface area contributed by atoms with E-state index in [-0.39, 0.29) is 17.9 Å². The van der Waals surface area contributed by atoms with E-state index in [9.17, 15) is 0 Å². The maximum absolute atomic E-state index is 8.70. The average molecular weight is 235 g/mol. The van der Waals surface area contributed by atoms with Gasteiger partial charge in [0.25, 0.3) is 0 Å². The lowest BCUT2D eigenvalue weighted by atomic mass is 10.0. The van der Waals surface area contributed by atoms with Gasteiger partial charge in [0, 0.05) is 6.04 Å². The number of oxime groups is 1. The van der Waals surface area contributed by atoms with Crippen molar-refractivity contribution in [2.24, 2.45) is 10.9 Å². The van der Waals surface area contributed by atoms with Crippen molar-refractivity contribution >= 4 is 5.84 Å². The fourth-order valence-electron chi connectivity index (χ4n) is 1.95. The molecule has 0 amide bonds. The van der Waals surface area contributed by atoms with E-state index < -0.39 is 0 Å². The van der Waals surface area contributed by atoms with Gasteiger partial charge in [0.1, 0.15) is 0 Å². The monoisotopic (exact) mass is 235 g/mol. The molecule has 1 aromatic rings. The number of benzene rings is 1. The molecule has 0 radical (unpaired) electrons. The summed E-state index contributed by atoms with van der Waals surface area (Å²) in [6, 6.07) is 8.28. The average Bonchev–Trinajstić information content (AvgIpc) is 2.35. The largest absolute Gasteiger partial charge is 0.409 e. The van der Waals surface area contributed by atoms with Crippen LogP contribution in [0.5, 0.6) is 0 Å². The minimum absolute atomic E-state index is 0.102. The van der Waals surface area contributed by atoms with Gasteiger partial charge in [-0.15, -0.1) is 0 Å². The van der Waals surface area contributed by atoms with E-state index in [1.807, 2.05) is 19.1 Å². The molecule has 4 heteroatoms. The zero-order valence-corrected chi connectivity index (χ0v) is 10.6. The van der Waals surface area contributed by atoms with Gasteiger partial charge in [-0.05, 0) is 31.4 Å². The van der Waals surface area contributed by atoms with Crippen molar-refractivity contribution in [3.63, 3.8) is 0 Å². The summed E-state index contributed by atoms with van der Waals surface area (Å²) in [6.45, 7) is 6.16. The number of amidine groups is 1. The van der Waals surface area contributed by atoms with E-state index in [0.29, 0.717) is 0 Å². The Morgan fingerprint density at radius 3 is 2.65 bits per heavy atom. The Morgan fingerprint density at radius 2 is 2.12 bits per heavy atom. The third-order valence-electron chi connectivity index (χ3n) is 2.99. The number of hydrogen-bond acceptors (Lipinski definition) is 3. The van der Waals surface area contributed by atoms with Gasteiger partial charge in [0.15, 0.2) is 5.84 Å². The van der Waals surface area contributed by atoms with Crippen LogP contribution >= 0.6 is 0 Å². The predicted molar refractivity (Wildman–Crippen MR) is 70.2 cm³/mol. The fraction of sp³-hybridized carbons (Fsp3) is 0.462. The summed E-state index contributed by atoms with van der Waals surface area (Å²) in [6.07, 6.45) is 0.784. The molecule has 4 nitrogen and oxygen atoms in total. The van der Waals surface area contributed by atoms with Crippen molar-refractivity contribution in [2.75, 3.05) is 0 Å². The number of rotatable bonds is 5. The number of hydrogen-bond donors (Lipinski definition) is 3. The number of nitrogens with zero attached hydrogens (tertiary/aromatic N) is 1. The molecule has 2 unspecified atom stereocenters. The first-order valence-corrected chi connectivity index (χ1v) is 5.89. The summed E-state index contributed by atoms with van der Waals surface area (Å²) < 4.78 is 0. The maximum atomic E-state index is 8.70. The van der Waals surface area contributed by atoms with Gasteiger partial charge in [-0.1, -0.05) is 36.3 Å². The van der Waals surface area contributed by atoms with E-state index in [1.54, 1.807) is 0 Å². The molecule has 0 bridgehead atoms. The van der Waals surface area contributed by atoms with Gasteiger partial charge < -0.3 is 16.3 Å². The molecular formula is C13H21N3O. The Kier molecular flexibility index (Phi) is 4.97. The van der Waals surface area contributed by atoms with Gasteiger partial charge in [0.2, 0.25) is 0 Å². The van der Waals surface area contributed by atoms with Gasteiger partial charge in [-0.3, -0.25) is 0 Å². The van der Waals surface area contributed by atoms with Crippen LogP contribution in [0.2, 0.25) is 0 Å². The van der Waals surface area contributed by atoms with Gasteiger partial charge in [-0.25, -0.2) is 0 Å². The molecule has 0 aromatic heterocycles. The molecule has 0 saturated carbocycles. The van der Waals surface area contributed by atoms with Crippen molar-refractivity contribution in [1.82, 2.24) is 5.32 Å². The van der Waals surface area contributed by atoms with Crippen LogP contribution in [0.4, 0.5) is 0 Å². The van der Waals surface area contributed by atoms with Crippen LogP contribution in [-0.4, -0.2) is 17.1 Å². The standard InChI is InChI=1S/C13H21N3O/c1-4-12(13(14)16-17)15-10(3)11-8-6-5-7-9(11)2/h5-8,10,12,15,17H,4H2,1-3H3,(H2,14,16). The lowest BCUT2D eigenvalue weighted by molar-refractivity contribution is 0.313. The van der Waals surface area contributed by atoms with Crippen LogP contribution in [0.1, 0.15) is 37.4 Å². The highest BCUT2D eigenvalue weighted by atomic mass is 16.4. The summed E-state index contributed by atoms with van der Waals surface area (Å²) in [5, 5.41) is 15.1. The van der Waals surface area contributed by atoms with Crippen molar-refractivity contribution < 1.29 is 5.21 Å². The van der Waals surface area contributed by atoms with Crippen molar-refractivity contribution in [3.05, 3.63) is 35.4 Å². The Hall–Kier alpha value is -1.55. The molecule has 0 aliphatic heterocycles. The molecule has 0 aliphatic carbocycles. The van der Waals surface area contributed by atoms with Gasteiger partial charge >= 0.3 is 0 Å². The summed E-state index contributed by atoms with van der Waals surface area (Å²) in [4.78, 5) is 0. The van der Waals surface area contributed by atoms with Crippen LogP contribution < -0.4 is 11.1 Å². The molecule has 0 heterocycles. The number of nitrogens with two attached hydrogens (primary N) is 1. The second-order valence-corrected chi connectivity index (χ2v) is 4.23. The zero-order chi connectivity index (χ0) is 12.8. The Bertz CT molecular complexity index is 390. The molecule has 0 fully saturated rings. The highest BCUT2D eigenvalue weighted by molar-refractivity contribution is 5.85. The molecule has 1 rings (SSSR count). The molecule has 0 saturated heterocycles. The molecule has 0 aliphatic rings. The van der Waals surface area contributed by atoms with E-state index in [4.69, 9.17) is 10.9 Å². The van der Waals surface area contributed by atoms with Crippen LogP contribution in [0, 0.1) is 6.92 Å². The summed E-state index contributed by atoms with van der Waals surface area (Å²) in [7, 11) is 0. The van der Waals surface area contributed by atoms with Gasteiger partial charge in [-0.2, -0.15) is 0 Å². The first-order valence-electron chi connectivity index (χ1n) is 5.89. The zero-order valence-electron chi connectivity index (χ0n) is 10.6. The minimum atomic E-state index is -0.102. The lowest BCUT2D eigenvalue weighted by Crippen LogP contribution is -2.42. The van der Waals surface area contributed by atoms with Crippen LogP contribution in [0.3, 0.4) is 0 Å². The van der Waals surface area contributed by atoms with E-state index in [0.717, 1.165) is 6.42 Å². The van der Waals surface area contributed by atoms with E-state index >= 15 is 0 Å². The van der Waals surface area contributed by atoms with E-state index in [1.165, 1.54) is 11.1 Å². The lowest BCUT2D eigenvalue weighted by Gasteiger charge is -2.22. The molecule has 2 atom stereocenters. The Balaban J connectivity index is 2.78. The predicted octanol–water partition coefficient (Wildman–Crippen LogP) is 2.17. The van der Waals surface area contributed by atoms with Gasteiger partial charge in [0.05, 0.1) is 6.04 Å². The molecule has 4 N–H and O–H groups in total. The van der Waals surface area contributed by atoms with E-state index in [2.05, 4.69) is 36.5 Å². The second kappa shape index (κ2) is 6.25. The third-order valence-corrected chi connectivity index (χ3v) is 2.99. The summed E-state index contributed by atoms with van der Waals surface area (Å²) >= 11 is 0. The quantitative estimate of drug-likeness (QED) is 0.317. The smallest absolute Gasteiger partial charge is 0.156 e.